The molecule has 0 saturated carbocycles. The van der Waals surface area contributed by atoms with Gasteiger partial charge < -0.3 is 24.6 Å². The van der Waals surface area contributed by atoms with E-state index in [0.717, 1.165) is 49.3 Å². The molecule has 1 fully saturated rings. The van der Waals surface area contributed by atoms with Crippen molar-refractivity contribution in [3.63, 3.8) is 0 Å². The number of likely N-dealkylation sites (tertiary alicyclic amines) is 1. The van der Waals surface area contributed by atoms with Gasteiger partial charge in [-0.2, -0.15) is 0 Å². The van der Waals surface area contributed by atoms with E-state index >= 15 is 0 Å². The molecule has 1 unspecified atom stereocenters. The van der Waals surface area contributed by atoms with E-state index in [1.807, 2.05) is 54.2 Å². The third-order valence-electron chi connectivity index (χ3n) is 6.15. The highest BCUT2D eigenvalue weighted by Gasteiger charge is 2.26. The monoisotopic (exact) mass is 502 g/mol. The smallest absolute Gasteiger partial charge is 0.246 e. The highest BCUT2D eigenvalue weighted by Crippen LogP contribution is 2.31. The van der Waals surface area contributed by atoms with Crippen molar-refractivity contribution in [2.24, 2.45) is 4.99 Å². The van der Waals surface area contributed by atoms with E-state index in [0.29, 0.717) is 30.4 Å². The molecule has 2 aliphatic heterocycles. The zero-order valence-electron chi connectivity index (χ0n) is 21.7. The number of hydrogen-bond acceptors (Lipinski definition) is 8. The van der Waals surface area contributed by atoms with Crippen LogP contribution in [0, 0.1) is 11.8 Å². The van der Waals surface area contributed by atoms with Gasteiger partial charge in [0.25, 0.3) is 0 Å². The molecule has 0 bridgehead atoms. The van der Waals surface area contributed by atoms with Gasteiger partial charge >= 0.3 is 0 Å². The number of carbonyl (C=O) groups excluding carboxylic acids is 1. The van der Waals surface area contributed by atoms with Gasteiger partial charge in [0.15, 0.2) is 17.3 Å². The van der Waals surface area contributed by atoms with E-state index in [9.17, 15) is 4.79 Å². The summed E-state index contributed by atoms with van der Waals surface area (Å²) in [5.74, 6) is 8.31. The van der Waals surface area contributed by atoms with Gasteiger partial charge in [-0.05, 0) is 57.8 Å². The molecule has 194 valence electrons. The topological polar surface area (TPSA) is 92.2 Å². The predicted molar refractivity (Wildman–Crippen MR) is 145 cm³/mol. The van der Waals surface area contributed by atoms with E-state index in [1.165, 1.54) is 0 Å². The van der Waals surface area contributed by atoms with Gasteiger partial charge in [0.1, 0.15) is 18.6 Å². The summed E-state index contributed by atoms with van der Waals surface area (Å²) < 4.78 is 11.1. The standard InChI is InChI=1S/C28H34N6O3/c1-33(2)16-7-14-26(35)34-17-15-22(19-34)32-28-27-23(29-20-30-28)11-6-9-21(31-27)10-8-18-37-25-13-5-4-12-24(25)36-3/h4-5,7,12-14,20,22H,6,9,11,15-19H2,1-3H3,(H,29,30,32)/b14-7+. The summed E-state index contributed by atoms with van der Waals surface area (Å²) >= 11 is 0. The Bertz CT molecular complexity index is 1210. The van der Waals surface area contributed by atoms with Crippen molar-refractivity contribution in [3.8, 4) is 23.3 Å². The van der Waals surface area contributed by atoms with E-state index in [1.54, 1.807) is 19.5 Å². The quantitative estimate of drug-likeness (QED) is 0.438. The van der Waals surface area contributed by atoms with Crippen molar-refractivity contribution < 1.29 is 14.3 Å². The number of rotatable bonds is 8. The summed E-state index contributed by atoms with van der Waals surface area (Å²) in [6.45, 7) is 2.31. The molecular formula is C28H34N6O3. The average Bonchev–Trinajstić information content (AvgIpc) is 3.26. The van der Waals surface area contributed by atoms with Gasteiger partial charge in [-0.15, -0.1) is 0 Å². The van der Waals surface area contributed by atoms with Gasteiger partial charge in [0, 0.05) is 31.8 Å². The number of anilines is 1. The fraction of sp³-hybridized carbons (Fsp3) is 0.429. The number of fused-ring (bicyclic) bond motifs is 1. The van der Waals surface area contributed by atoms with Gasteiger partial charge in [-0.25, -0.2) is 15.0 Å². The summed E-state index contributed by atoms with van der Waals surface area (Å²) in [6.07, 6.45) is 8.47. The number of methoxy groups -OCH3 is 1. The van der Waals surface area contributed by atoms with Crippen LogP contribution in [-0.4, -0.2) is 84.9 Å². The van der Waals surface area contributed by atoms with Crippen LogP contribution in [-0.2, 0) is 11.2 Å². The first-order valence-corrected chi connectivity index (χ1v) is 12.6. The number of likely N-dealkylation sites (N-methyl/N-ethyl adjacent to an activating group) is 1. The van der Waals surface area contributed by atoms with Gasteiger partial charge in [0.05, 0.1) is 18.5 Å². The fourth-order valence-corrected chi connectivity index (χ4v) is 4.26. The molecule has 0 aliphatic carbocycles. The maximum absolute atomic E-state index is 12.5. The van der Waals surface area contributed by atoms with Crippen molar-refractivity contribution in [2.45, 2.75) is 31.7 Å². The van der Waals surface area contributed by atoms with Crippen LogP contribution in [0.2, 0.25) is 0 Å². The second-order valence-electron chi connectivity index (χ2n) is 9.25. The minimum atomic E-state index is 0.0404. The lowest BCUT2D eigenvalue weighted by molar-refractivity contribution is -0.125. The summed E-state index contributed by atoms with van der Waals surface area (Å²) in [4.78, 5) is 30.2. The van der Waals surface area contributed by atoms with Crippen LogP contribution in [0.3, 0.4) is 0 Å². The maximum atomic E-state index is 12.5. The van der Waals surface area contributed by atoms with Crippen LogP contribution in [0.25, 0.3) is 0 Å². The molecule has 2 aliphatic rings. The van der Waals surface area contributed by atoms with E-state index in [-0.39, 0.29) is 18.6 Å². The lowest BCUT2D eigenvalue weighted by atomic mass is 10.1. The fourth-order valence-electron chi connectivity index (χ4n) is 4.26. The lowest BCUT2D eigenvalue weighted by Crippen LogP contribution is -2.30. The number of aromatic nitrogens is 2. The zero-order chi connectivity index (χ0) is 26.0. The molecule has 37 heavy (non-hydrogen) atoms. The Hall–Kier alpha value is -3.90. The van der Waals surface area contributed by atoms with Crippen molar-refractivity contribution in [2.75, 3.05) is 52.8 Å². The first-order chi connectivity index (χ1) is 18.0. The Morgan fingerprint density at radius 1 is 1.24 bits per heavy atom. The number of carbonyl (C=O) groups is 1. The van der Waals surface area contributed by atoms with Crippen molar-refractivity contribution in [3.05, 3.63) is 48.4 Å². The van der Waals surface area contributed by atoms with E-state index in [2.05, 4.69) is 27.1 Å². The maximum Gasteiger partial charge on any atom is 0.246 e. The Morgan fingerprint density at radius 2 is 2.08 bits per heavy atom. The Morgan fingerprint density at radius 3 is 2.89 bits per heavy atom. The van der Waals surface area contributed by atoms with E-state index in [4.69, 9.17) is 14.5 Å². The molecule has 4 rings (SSSR count). The Kier molecular flexibility index (Phi) is 9.11. The Balaban J connectivity index is 1.41. The van der Waals surface area contributed by atoms with Crippen molar-refractivity contribution in [1.82, 2.24) is 19.8 Å². The largest absolute Gasteiger partial charge is 0.493 e. The number of para-hydroxylation sites is 2. The van der Waals surface area contributed by atoms with Gasteiger partial charge in [-0.3, -0.25) is 4.79 Å². The molecule has 1 saturated heterocycles. The van der Waals surface area contributed by atoms with Crippen LogP contribution in [0.4, 0.5) is 11.5 Å². The third-order valence-corrected chi connectivity index (χ3v) is 6.15. The second kappa shape index (κ2) is 12.9. The summed E-state index contributed by atoms with van der Waals surface area (Å²) in [5, 5.41) is 3.51. The lowest BCUT2D eigenvalue weighted by Gasteiger charge is -2.17. The molecule has 1 atom stereocenters. The van der Waals surface area contributed by atoms with Crippen LogP contribution < -0.4 is 14.8 Å². The SMILES string of the molecule is COc1ccccc1OCC#CC1=Nc2c(ncnc2NC2CCN(C(=O)/C=C/CN(C)C)C2)CCC1. The van der Waals surface area contributed by atoms with Crippen LogP contribution >= 0.6 is 0 Å². The summed E-state index contributed by atoms with van der Waals surface area (Å²) in [5.41, 5.74) is 2.44. The molecule has 0 spiro atoms. The Labute approximate surface area is 218 Å². The molecule has 1 N–H and O–H groups in total. The number of nitrogens with one attached hydrogen (secondary N) is 1. The molecule has 1 amide bonds. The number of aliphatic imine (C=N–C) groups is 1. The van der Waals surface area contributed by atoms with Crippen molar-refractivity contribution in [1.29, 1.82) is 0 Å². The predicted octanol–water partition coefficient (Wildman–Crippen LogP) is 3.11. The minimum Gasteiger partial charge on any atom is -0.493 e. The normalized spacial score (nSPS) is 17.0. The highest BCUT2D eigenvalue weighted by atomic mass is 16.5. The van der Waals surface area contributed by atoms with Crippen LogP contribution in [0.5, 0.6) is 11.5 Å². The molecular weight excluding hydrogens is 468 g/mol. The van der Waals surface area contributed by atoms with Crippen molar-refractivity contribution >= 4 is 23.1 Å². The number of ether oxygens (including phenoxy) is 2. The number of amides is 1. The molecule has 0 radical (unpaired) electrons. The first-order valence-electron chi connectivity index (χ1n) is 12.6. The molecule has 1 aromatic heterocycles. The highest BCUT2D eigenvalue weighted by molar-refractivity contribution is 6.03. The first kappa shape index (κ1) is 26.2. The van der Waals surface area contributed by atoms with E-state index < -0.39 is 0 Å². The number of aryl methyl sites for hydroxylation is 1. The second-order valence-corrected chi connectivity index (χ2v) is 9.25. The molecule has 2 aromatic rings. The average molecular weight is 503 g/mol. The summed E-state index contributed by atoms with van der Waals surface area (Å²) in [6, 6.07) is 7.60. The number of hydrogen-bond donors (Lipinski definition) is 1. The molecule has 9 heteroatoms. The van der Waals surface area contributed by atoms with Crippen LogP contribution in [0.1, 0.15) is 25.0 Å². The number of nitrogens with zero attached hydrogens (tertiary/aromatic N) is 5. The molecule has 9 nitrogen and oxygen atoms in total. The van der Waals surface area contributed by atoms with Crippen LogP contribution in [0.15, 0.2) is 47.7 Å². The van der Waals surface area contributed by atoms with Gasteiger partial charge in [-0.1, -0.05) is 24.1 Å². The zero-order valence-corrected chi connectivity index (χ0v) is 21.7. The molecule has 1 aromatic carbocycles. The number of benzene rings is 1. The third kappa shape index (κ3) is 7.30. The molecule has 3 heterocycles. The summed E-state index contributed by atoms with van der Waals surface area (Å²) in [7, 11) is 5.57. The minimum absolute atomic E-state index is 0.0404. The van der Waals surface area contributed by atoms with Gasteiger partial charge in [0.2, 0.25) is 5.91 Å².